The van der Waals surface area contributed by atoms with Crippen molar-refractivity contribution in [3.05, 3.63) is 28.8 Å². The molecule has 3 N–H and O–H groups in total. The molecule has 11 heavy (non-hydrogen) atoms. The number of rotatable bonds is 1. The van der Waals surface area contributed by atoms with Crippen LogP contribution in [0, 0.1) is 0 Å². The van der Waals surface area contributed by atoms with Gasteiger partial charge in [-0.25, -0.2) is 4.79 Å². The largest absolute Gasteiger partial charge is 0.478 e. The van der Waals surface area contributed by atoms with Crippen LogP contribution in [0.3, 0.4) is 0 Å². The summed E-state index contributed by atoms with van der Waals surface area (Å²) in [6, 6.07) is 4.50. The molecule has 0 aliphatic carbocycles. The van der Waals surface area contributed by atoms with E-state index in [1.54, 1.807) is 12.1 Å². The first-order valence-corrected chi connectivity index (χ1v) is 3.28. The maximum atomic E-state index is 10.4. The molecule has 0 bridgehead atoms. The number of carboxylic acid groups (broad SMARTS) is 1. The molecule has 3 nitrogen and oxygen atoms in total. The lowest BCUT2D eigenvalue weighted by molar-refractivity contribution is 0.0697. The van der Waals surface area contributed by atoms with E-state index < -0.39 is 5.97 Å². The zero-order valence-corrected chi connectivity index (χ0v) is 6.30. The molecule has 0 heterocycles. The number of carboxylic acids is 1. The third-order valence-electron chi connectivity index (χ3n) is 1.26. The van der Waals surface area contributed by atoms with Crippen molar-refractivity contribution in [2.24, 2.45) is 0 Å². The summed E-state index contributed by atoms with van der Waals surface area (Å²) in [6.45, 7) is 0. The molecule has 1 aromatic carbocycles. The van der Waals surface area contributed by atoms with E-state index >= 15 is 0 Å². The molecule has 0 saturated heterocycles. The van der Waals surface area contributed by atoms with Crippen LogP contribution >= 0.6 is 11.6 Å². The normalized spacial score (nSPS) is 9.55. The van der Waals surface area contributed by atoms with E-state index in [1.165, 1.54) is 6.07 Å². The molecule has 1 aromatic rings. The minimum absolute atomic E-state index is 0.0340. The zero-order valence-electron chi connectivity index (χ0n) is 5.54. The van der Waals surface area contributed by atoms with Gasteiger partial charge in [0.2, 0.25) is 0 Å². The van der Waals surface area contributed by atoms with Crippen LogP contribution in [-0.4, -0.2) is 11.1 Å². The van der Waals surface area contributed by atoms with Gasteiger partial charge in [-0.3, -0.25) is 0 Å². The van der Waals surface area contributed by atoms with Gasteiger partial charge in [0, 0.05) is 0 Å². The first-order chi connectivity index (χ1) is 5.13. The summed E-state index contributed by atoms with van der Waals surface area (Å²) in [5.74, 6) is -1.07. The maximum absolute atomic E-state index is 10.4. The highest BCUT2D eigenvalue weighted by Gasteiger charge is 2.08. The predicted molar refractivity (Wildman–Crippen MR) is 42.8 cm³/mol. The van der Waals surface area contributed by atoms with Gasteiger partial charge >= 0.3 is 5.97 Å². The fourth-order valence-electron chi connectivity index (χ4n) is 0.715. The Kier molecular flexibility index (Phi) is 2.01. The number of anilines is 1. The monoisotopic (exact) mass is 171 g/mol. The van der Waals surface area contributed by atoms with E-state index in [0.717, 1.165) is 0 Å². The van der Waals surface area contributed by atoms with Crippen molar-refractivity contribution in [3.63, 3.8) is 0 Å². The molecule has 0 aliphatic rings. The van der Waals surface area contributed by atoms with Gasteiger partial charge in [-0.15, -0.1) is 0 Å². The van der Waals surface area contributed by atoms with Crippen LogP contribution in [0.5, 0.6) is 0 Å². The number of nitrogen functional groups attached to an aromatic ring is 1. The third kappa shape index (κ3) is 1.43. The van der Waals surface area contributed by atoms with Crippen LogP contribution in [0.25, 0.3) is 0 Å². The second kappa shape index (κ2) is 2.80. The van der Waals surface area contributed by atoms with Gasteiger partial charge in [0.1, 0.15) is 0 Å². The van der Waals surface area contributed by atoms with E-state index in [0.29, 0.717) is 0 Å². The van der Waals surface area contributed by atoms with Gasteiger partial charge in [-0.2, -0.15) is 0 Å². The minimum atomic E-state index is -1.07. The van der Waals surface area contributed by atoms with Crippen molar-refractivity contribution in [1.82, 2.24) is 0 Å². The Morgan fingerprint density at radius 3 is 2.64 bits per heavy atom. The fourth-order valence-corrected chi connectivity index (χ4v) is 0.922. The molecule has 0 fully saturated rings. The molecule has 0 saturated carbocycles. The maximum Gasteiger partial charge on any atom is 0.337 e. The summed E-state index contributed by atoms with van der Waals surface area (Å²) < 4.78 is 0. The van der Waals surface area contributed by atoms with E-state index in [9.17, 15) is 4.79 Å². The minimum Gasteiger partial charge on any atom is -0.478 e. The number of halogens is 1. The molecule has 4 heteroatoms. The van der Waals surface area contributed by atoms with Crippen molar-refractivity contribution >= 4 is 23.3 Å². The standard InChI is InChI=1S/C7H6ClNO2/c8-6-4(7(10)11)2-1-3-5(6)9/h1-3H,9H2,(H,10,11). The SMILES string of the molecule is Nc1cccc(C(=O)O)c1Cl. The Bertz CT molecular complexity index is 298. The third-order valence-corrected chi connectivity index (χ3v) is 1.68. The quantitative estimate of drug-likeness (QED) is 0.632. The van der Waals surface area contributed by atoms with Gasteiger partial charge in [-0.05, 0) is 12.1 Å². The number of hydrogen-bond acceptors (Lipinski definition) is 2. The molecule has 0 aliphatic heterocycles. The number of aromatic carboxylic acids is 1. The van der Waals surface area contributed by atoms with Crippen LogP contribution in [0.15, 0.2) is 18.2 Å². The van der Waals surface area contributed by atoms with Crippen molar-refractivity contribution in [1.29, 1.82) is 0 Å². The Balaban J connectivity index is 3.27. The van der Waals surface area contributed by atoms with Crippen LogP contribution in [0.2, 0.25) is 5.02 Å². The van der Waals surface area contributed by atoms with E-state index in [4.69, 9.17) is 22.4 Å². The number of hydrogen-bond donors (Lipinski definition) is 2. The van der Waals surface area contributed by atoms with Crippen LogP contribution in [0.4, 0.5) is 5.69 Å². The molecular formula is C7H6ClNO2. The van der Waals surface area contributed by atoms with Gasteiger partial charge in [0.15, 0.2) is 0 Å². The first kappa shape index (κ1) is 7.88. The van der Waals surface area contributed by atoms with Crippen molar-refractivity contribution in [2.75, 3.05) is 5.73 Å². The highest BCUT2D eigenvalue weighted by Crippen LogP contribution is 2.22. The molecule has 58 valence electrons. The lowest BCUT2D eigenvalue weighted by atomic mass is 10.2. The lowest BCUT2D eigenvalue weighted by Crippen LogP contribution is -1.99. The molecule has 0 unspecified atom stereocenters. The topological polar surface area (TPSA) is 63.3 Å². The summed E-state index contributed by atoms with van der Waals surface area (Å²) >= 11 is 5.58. The molecule has 0 spiro atoms. The molecular weight excluding hydrogens is 166 g/mol. The average Bonchev–Trinajstić information content (AvgIpc) is 1.94. The van der Waals surface area contributed by atoms with Crippen molar-refractivity contribution in [3.8, 4) is 0 Å². The number of benzene rings is 1. The van der Waals surface area contributed by atoms with Gasteiger partial charge in [0.05, 0.1) is 16.3 Å². The summed E-state index contributed by atoms with van der Waals surface area (Å²) in [7, 11) is 0. The Morgan fingerprint density at radius 2 is 2.18 bits per heavy atom. The second-order valence-electron chi connectivity index (χ2n) is 2.01. The van der Waals surface area contributed by atoms with Crippen LogP contribution < -0.4 is 5.73 Å². The van der Waals surface area contributed by atoms with Gasteiger partial charge in [-0.1, -0.05) is 17.7 Å². The van der Waals surface area contributed by atoms with Crippen molar-refractivity contribution in [2.45, 2.75) is 0 Å². The highest BCUT2D eigenvalue weighted by atomic mass is 35.5. The Morgan fingerprint density at radius 1 is 1.55 bits per heavy atom. The number of carbonyl (C=O) groups is 1. The summed E-state index contributed by atoms with van der Waals surface area (Å²) in [4.78, 5) is 10.4. The molecule has 0 radical (unpaired) electrons. The summed E-state index contributed by atoms with van der Waals surface area (Å²) in [5, 5.41) is 8.65. The molecule has 1 rings (SSSR count). The zero-order chi connectivity index (χ0) is 8.43. The number of nitrogens with two attached hydrogens (primary N) is 1. The second-order valence-corrected chi connectivity index (χ2v) is 2.39. The lowest BCUT2D eigenvalue weighted by Gasteiger charge is -1.99. The van der Waals surface area contributed by atoms with E-state index in [2.05, 4.69) is 0 Å². The Hall–Kier alpha value is -1.22. The van der Waals surface area contributed by atoms with Crippen molar-refractivity contribution < 1.29 is 9.90 Å². The molecule has 0 atom stereocenters. The molecule has 0 amide bonds. The predicted octanol–water partition coefficient (Wildman–Crippen LogP) is 1.62. The average molecular weight is 172 g/mol. The van der Waals surface area contributed by atoms with Gasteiger partial charge < -0.3 is 10.8 Å². The van der Waals surface area contributed by atoms with E-state index in [1.807, 2.05) is 0 Å². The fraction of sp³-hybridized carbons (Fsp3) is 0. The van der Waals surface area contributed by atoms with Gasteiger partial charge in [0.25, 0.3) is 0 Å². The highest BCUT2D eigenvalue weighted by molar-refractivity contribution is 6.35. The van der Waals surface area contributed by atoms with Crippen LogP contribution in [-0.2, 0) is 0 Å². The van der Waals surface area contributed by atoms with E-state index in [-0.39, 0.29) is 16.3 Å². The Labute approximate surface area is 68.4 Å². The first-order valence-electron chi connectivity index (χ1n) is 2.90. The molecule has 0 aromatic heterocycles. The van der Waals surface area contributed by atoms with Crippen LogP contribution in [0.1, 0.15) is 10.4 Å². The summed E-state index contributed by atoms with van der Waals surface area (Å²) in [6.07, 6.45) is 0. The summed E-state index contributed by atoms with van der Waals surface area (Å²) in [5.41, 5.74) is 5.68. The smallest absolute Gasteiger partial charge is 0.337 e.